The van der Waals surface area contributed by atoms with Crippen molar-refractivity contribution in [1.82, 2.24) is 10.2 Å². The van der Waals surface area contributed by atoms with E-state index < -0.39 is 17.5 Å². The molecule has 2 atom stereocenters. The maximum Gasteiger partial charge on any atom is 0.407 e. The Hall–Kier alpha value is -2.17. The van der Waals surface area contributed by atoms with Gasteiger partial charge in [0.1, 0.15) is 11.4 Å². The molecule has 7 heteroatoms. The average Bonchev–Trinajstić information content (AvgIpc) is 2.60. The third kappa shape index (κ3) is 6.49. The summed E-state index contributed by atoms with van der Waals surface area (Å²) in [7, 11) is 1.69. The third-order valence-corrected chi connectivity index (χ3v) is 4.57. The molecular weight excluding hydrogens is 349 g/mol. The number of methoxy groups -OCH3 is 1. The Balaban J connectivity index is 2.06. The zero-order valence-electron chi connectivity index (χ0n) is 16.4. The number of nitrogens with zero attached hydrogens (tertiary/aromatic N) is 2. The average molecular weight is 377 g/mol. The van der Waals surface area contributed by atoms with E-state index in [4.69, 9.17) is 9.47 Å². The summed E-state index contributed by atoms with van der Waals surface area (Å²) in [5.74, 6) is -0.420. The second kappa shape index (κ2) is 9.16. The van der Waals surface area contributed by atoms with Crippen LogP contribution in [0.15, 0.2) is 18.2 Å². The van der Waals surface area contributed by atoms with Gasteiger partial charge in [-0.3, -0.25) is 4.90 Å². The summed E-state index contributed by atoms with van der Waals surface area (Å²) in [4.78, 5) is 14.2. The van der Waals surface area contributed by atoms with E-state index in [1.54, 1.807) is 13.2 Å². The molecule has 2 rings (SSSR count). The van der Waals surface area contributed by atoms with Crippen LogP contribution < -0.4 is 5.32 Å². The van der Waals surface area contributed by atoms with Crippen molar-refractivity contribution >= 4 is 6.09 Å². The summed E-state index contributed by atoms with van der Waals surface area (Å²) in [5.41, 5.74) is 0.557. The first-order valence-corrected chi connectivity index (χ1v) is 9.14. The quantitative estimate of drug-likeness (QED) is 0.853. The fraction of sp³-hybridized carbons (Fsp3) is 0.600. The van der Waals surface area contributed by atoms with Gasteiger partial charge in [0.05, 0.1) is 17.7 Å². The number of amides is 1. The van der Waals surface area contributed by atoms with Crippen molar-refractivity contribution in [3.8, 4) is 6.07 Å². The lowest BCUT2D eigenvalue weighted by atomic mass is 9.97. The molecular formula is C20H28FN3O3. The van der Waals surface area contributed by atoms with Crippen LogP contribution in [0.25, 0.3) is 0 Å². The molecule has 1 aliphatic rings. The van der Waals surface area contributed by atoms with Gasteiger partial charge in [-0.1, -0.05) is 6.07 Å². The zero-order valence-corrected chi connectivity index (χ0v) is 16.4. The molecule has 1 aromatic carbocycles. The monoisotopic (exact) mass is 377 g/mol. The van der Waals surface area contributed by atoms with Crippen LogP contribution in [0.5, 0.6) is 0 Å². The van der Waals surface area contributed by atoms with Crippen LogP contribution in [0, 0.1) is 17.1 Å². The molecule has 1 aliphatic heterocycles. The van der Waals surface area contributed by atoms with Gasteiger partial charge in [-0.05, 0) is 51.3 Å². The predicted molar refractivity (Wildman–Crippen MR) is 99.6 cm³/mol. The SMILES string of the molecule is COC1CCN(Cc2ccc(F)cc2C#N)C(CNC(=O)OC(C)(C)C)C1. The van der Waals surface area contributed by atoms with Crippen LogP contribution in [-0.2, 0) is 16.0 Å². The highest BCUT2D eigenvalue weighted by atomic mass is 19.1. The number of carbonyl (C=O) groups excluding carboxylic acids is 1. The van der Waals surface area contributed by atoms with Crippen LogP contribution in [0.3, 0.4) is 0 Å². The molecule has 1 fully saturated rings. The first-order chi connectivity index (χ1) is 12.7. The van der Waals surface area contributed by atoms with Crippen molar-refractivity contribution in [2.45, 2.75) is 57.9 Å². The standard InChI is InChI=1S/C20H28FN3O3/c1-20(2,3)27-19(25)23-12-17-10-18(26-4)7-8-24(17)13-14-5-6-16(21)9-15(14)11-22/h5-6,9,17-18H,7-8,10,12-13H2,1-4H3,(H,23,25). The fourth-order valence-electron chi connectivity index (χ4n) is 3.22. The number of ether oxygens (including phenoxy) is 2. The molecule has 0 aliphatic carbocycles. The Bertz CT molecular complexity index is 697. The molecule has 1 saturated heterocycles. The van der Waals surface area contributed by atoms with E-state index in [2.05, 4.69) is 16.3 Å². The molecule has 1 N–H and O–H groups in total. The summed E-state index contributed by atoms with van der Waals surface area (Å²) in [6, 6.07) is 6.36. The Morgan fingerprint density at radius 2 is 2.19 bits per heavy atom. The Morgan fingerprint density at radius 1 is 1.44 bits per heavy atom. The van der Waals surface area contributed by atoms with Crippen LogP contribution in [0.4, 0.5) is 9.18 Å². The normalized spacial score (nSPS) is 20.7. The summed E-state index contributed by atoms with van der Waals surface area (Å²) >= 11 is 0. The maximum atomic E-state index is 13.4. The lowest BCUT2D eigenvalue weighted by Gasteiger charge is -2.39. The first kappa shape index (κ1) is 21.1. The molecule has 2 unspecified atom stereocenters. The van der Waals surface area contributed by atoms with Crippen molar-refractivity contribution in [3.05, 3.63) is 35.1 Å². The molecule has 1 aromatic rings. The largest absolute Gasteiger partial charge is 0.444 e. The molecule has 1 heterocycles. The van der Waals surface area contributed by atoms with Gasteiger partial charge in [0.25, 0.3) is 0 Å². The van der Waals surface area contributed by atoms with E-state index in [0.717, 1.165) is 24.9 Å². The van der Waals surface area contributed by atoms with Crippen molar-refractivity contribution in [2.75, 3.05) is 20.2 Å². The van der Waals surface area contributed by atoms with Crippen molar-refractivity contribution in [2.24, 2.45) is 0 Å². The minimum atomic E-state index is -0.554. The topological polar surface area (TPSA) is 74.6 Å². The highest BCUT2D eigenvalue weighted by molar-refractivity contribution is 5.67. The van der Waals surface area contributed by atoms with Crippen molar-refractivity contribution < 1.29 is 18.7 Å². The summed E-state index contributed by atoms with van der Waals surface area (Å²) in [6.45, 7) is 7.15. The van der Waals surface area contributed by atoms with Gasteiger partial charge < -0.3 is 14.8 Å². The maximum absolute atomic E-state index is 13.4. The molecule has 0 spiro atoms. The number of alkyl carbamates (subject to hydrolysis) is 1. The van der Waals surface area contributed by atoms with E-state index in [0.29, 0.717) is 18.7 Å². The molecule has 0 radical (unpaired) electrons. The van der Waals surface area contributed by atoms with E-state index >= 15 is 0 Å². The van der Waals surface area contributed by atoms with Gasteiger partial charge in [-0.25, -0.2) is 9.18 Å². The van der Waals surface area contributed by atoms with E-state index in [1.807, 2.05) is 20.8 Å². The highest BCUT2D eigenvalue weighted by Crippen LogP contribution is 2.23. The van der Waals surface area contributed by atoms with Gasteiger partial charge in [0.15, 0.2) is 0 Å². The molecule has 1 amide bonds. The molecule has 27 heavy (non-hydrogen) atoms. The smallest absolute Gasteiger partial charge is 0.407 e. The van der Waals surface area contributed by atoms with E-state index in [1.165, 1.54) is 12.1 Å². The lowest BCUT2D eigenvalue weighted by Crippen LogP contribution is -2.50. The Labute approximate surface area is 160 Å². The van der Waals surface area contributed by atoms with Gasteiger partial charge in [-0.15, -0.1) is 0 Å². The Kier molecular flexibility index (Phi) is 7.17. The number of carbonyl (C=O) groups is 1. The molecule has 148 valence electrons. The second-order valence-electron chi connectivity index (χ2n) is 7.80. The van der Waals surface area contributed by atoms with Gasteiger partial charge in [-0.2, -0.15) is 5.26 Å². The fourth-order valence-corrected chi connectivity index (χ4v) is 3.22. The summed E-state index contributed by atoms with van der Waals surface area (Å²) < 4.78 is 24.2. The lowest BCUT2D eigenvalue weighted by molar-refractivity contribution is 0.00546. The predicted octanol–water partition coefficient (Wildman–Crippen LogP) is 3.20. The zero-order chi connectivity index (χ0) is 20.0. The minimum Gasteiger partial charge on any atom is -0.444 e. The van der Waals surface area contributed by atoms with E-state index in [-0.39, 0.29) is 12.1 Å². The van der Waals surface area contributed by atoms with Crippen LogP contribution in [-0.4, -0.2) is 48.9 Å². The van der Waals surface area contributed by atoms with Crippen molar-refractivity contribution in [3.63, 3.8) is 0 Å². The first-order valence-electron chi connectivity index (χ1n) is 9.14. The number of hydrogen-bond acceptors (Lipinski definition) is 5. The second-order valence-corrected chi connectivity index (χ2v) is 7.80. The third-order valence-electron chi connectivity index (χ3n) is 4.57. The Morgan fingerprint density at radius 3 is 2.81 bits per heavy atom. The van der Waals surface area contributed by atoms with E-state index in [9.17, 15) is 14.4 Å². The number of benzene rings is 1. The molecule has 6 nitrogen and oxygen atoms in total. The van der Waals surface area contributed by atoms with Gasteiger partial charge in [0, 0.05) is 32.8 Å². The van der Waals surface area contributed by atoms with Crippen LogP contribution >= 0.6 is 0 Å². The number of halogens is 1. The summed E-state index contributed by atoms with van der Waals surface area (Å²) in [6.07, 6.45) is 1.29. The summed E-state index contributed by atoms with van der Waals surface area (Å²) in [5, 5.41) is 12.1. The van der Waals surface area contributed by atoms with Gasteiger partial charge >= 0.3 is 6.09 Å². The number of piperidine rings is 1. The number of nitrogens with one attached hydrogen (secondary N) is 1. The molecule has 0 bridgehead atoms. The van der Waals surface area contributed by atoms with Crippen LogP contribution in [0.2, 0.25) is 0 Å². The number of likely N-dealkylation sites (tertiary alicyclic amines) is 1. The minimum absolute atomic E-state index is 0.0350. The van der Waals surface area contributed by atoms with Crippen LogP contribution in [0.1, 0.15) is 44.7 Å². The number of hydrogen-bond donors (Lipinski definition) is 1. The van der Waals surface area contributed by atoms with Gasteiger partial charge in [0.2, 0.25) is 0 Å². The van der Waals surface area contributed by atoms with Crippen molar-refractivity contribution in [1.29, 1.82) is 5.26 Å². The number of nitriles is 1. The number of rotatable bonds is 5. The molecule has 0 aromatic heterocycles. The highest BCUT2D eigenvalue weighted by Gasteiger charge is 2.29. The molecule has 0 saturated carbocycles.